The molecule has 6 heteroatoms. The van der Waals surface area contributed by atoms with Gasteiger partial charge in [0.2, 0.25) is 0 Å². The zero-order chi connectivity index (χ0) is 15.4. The summed E-state index contributed by atoms with van der Waals surface area (Å²) >= 11 is 0. The first-order valence-corrected chi connectivity index (χ1v) is 6.35. The van der Waals surface area contributed by atoms with Crippen molar-refractivity contribution in [3.63, 3.8) is 0 Å². The number of urea groups is 1. The van der Waals surface area contributed by atoms with Crippen molar-refractivity contribution in [2.45, 2.75) is 13.0 Å². The molecule has 2 aromatic rings. The Hall–Kier alpha value is -2.47. The third-order valence-electron chi connectivity index (χ3n) is 2.89. The summed E-state index contributed by atoms with van der Waals surface area (Å²) in [7, 11) is 0. The molecule has 0 aliphatic carbocycles. The van der Waals surface area contributed by atoms with Crippen LogP contribution in [0.25, 0.3) is 0 Å². The maximum absolute atomic E-state index is 13.4. The number of carbonyl (C=O) groups is 1. The van der Waals surface area contributed by atoms with Crippen molar-refractivity contribution < 1.29 is 13.6 Å². The van der Waals surface area contributed by atoms with Gasteiger partial charge in [-0.2, -0.15) is 0 Å². The first-order valence-electron chi connectivity index (χ1n) is 6.35. The molecule has 21 heavy (non-hydrogen) atoms. The smallest absolute Gasteiger partial charge is 0.323 e. The lowest BCUT2D eigenvalue weighted by atomic mass is 10.1. The highest BCUT2D eigenvalue weighted by Crippen LogP contribution is 2.18. The minimum atomic E-state index is -1.10. The van der Waals surface area contributed by atoms with Gasteiger partial charge in [-0.25, -0.2) is 13.6 Å². The van der Waals surface area contributed by atoms with E-state index < -0.39 is 17.7 Å². The van der Waals surface area contributed by atoms with E-state index in [1.807, 2.05) is 6.92 Å². The highest BCUT2D eigenvalue weighted by atomic mass is 19.2. The molecule has 0 saturated carbocycles. The first kappa shape index (κ1) is 14.9. The van der Waals surface area contributed by atoms with E-state index in [4.69, 9.17) is 5.73 Å². The van der Waals surface area contributed by atoms with Crippen molar-refractivity contribution in [2.75, 3.05) is 10.6 Å². The van der Waals surface area contributed by atoms with Crippen LogP contribution in [-0.4, -0.2) is 6.03 Å². The van der Waals surface area contributed by atoms with Crippen molar-refractivity contribution in [3.05, 3.63) is 59.7 Å². The van der Waals surface area contributed by atoms with E-state index in [0.29, 0.717) is 5.69 Å². The van der Waals surface area contributed by atoms with Crippen molar-refractivity contribution in [1.29, 1.82) is 0 Å². The van der Waals surface area contributed by atoms with Crippen molar-refractivity contribution in [3.8, 4) is 0 Å². The maximum Gasteiger partial charge on any atom is 0.323 e. The molecule has 2 rings (SSSR count). The summed E-state index contributed by atoms with van der Waals surface area (Å²) < 4.78 is 26.4. The fourth-order valence-corrected chi connectivity index (χ4v) is 1.76. The van der Waals surface area contributed by atoms with E-state index in [1.54, 1.807) is 24.3 Å². The second kappa shape index (κ2) is 6.32. The highest BCUT2D eigenvalue weighted by molar-refractivity contribution is 5.99. The molecule has 0 bridgehead atoms. The molecule has 0 aliphatic rings. The zero-order valence-electron chi connectivity index (χ0n) is 11.4. The number of rotatable bonds is 3. The lowest BCUT2D eigenvalue weighted by Crippen LogP contribution is -2.20. The number of carbonyl (C=O) groups excluding carboxylic acids is 1. The molecular weight excluding hydrogens is 276 g/mol. The minimum absolute atomic E-state index is 0.103. The summed E-state index contributed by atoms with van der Waals surface area (Å²) in [6.45, 7) is 1.85. The first-order chi connectivity index (χ1) is 9.97. The number of hydrogen-bond donors (Lipinski definition) is 3. The summed E-state index contributed by atoms with van der Waals surface area (Å²) in [5, 5.41) is 4.77. The summed E-state index contributed by atoms with van der Waals surface area (Å²) in [6, 6.07) is 9.72. The van der Waals surface area contributed by atoms with Gasteiger partial charge < -0.3 is 16.4 Å². The summed E-state index contributed by atoms with van der Waals surface area (Å²) in [5.74, 6) is -2.12. The van der Waals surface area contributed by atoms with E-state index >= 15 is 0 Å². The van der Waals surface area contributed by atoms with Crippen LogP contribution in [0.5, 0.6) is 0 Å². The molecule has 1 unspecified atom stereocenters. The van der Waals surface area contributed by atoms with Crippen LogP contribution in [0.1, 0.15) is 18.5 Å². The lowest BCUT2D eigenvalue weighted by Gasteiger charge is -2.10. The Bertz CT molecular complexity index is 642. The predicted molar refractivity (Wildman–Crippen MR) is 78.0 cm³/mol. The number of hydrogen-bond acceptors (Lipinski definition) is 2. The molecule has 1 atom stereocenters. The zero-order valence-corrected chi connectivity index (χ0v) is 11.4. The van der Waals surface area contributed by atoms with Crippen LogP contribution >= 0.6 is 0 Å². The predicted octanol–water partition coefficient (Wildman–Crippen LogP) is 3.63. The molecule has 0 heterocycles. The monoisotopic (exact) mass is 291 g/mol. The van der Waals surface area contributed by atoms with Gasteiger partial charge in [0.05, 0.1) is 5.69 Å². The second-order valence-electron chi connectivity index (χ2n) is 4.59. The molecule has 2 aromatic carbocycles. The summed E-state index contributed by atoms with van der Waals surface area (Å²) in [5.41, 5.74) is 6.95. The molecule has 110 valence electrons. The van der Waals surface area contributed by atoms with Crippen molar-refractivity contribution >= 4 is 17.4 Å². The van der Waals surface area contributed by atoms with E-state index in [1.165, 1.54) is 12.1 Å². The van der Waals surface area contributed by atoms with Gasteiger partial charge in [-0.1, -0.05) is 18.2 Å². The van der Waals surface area contributed by atoms with E-state index in [2.05, 4.69) is 10.6 Å². The van der Waals surface area contributed by atoms with Gasteiger partial charge in [0.1, 0.15) is 0 Å². The average molecular weight is 291 g/mol. The molecule has 4 N–H and O–H groups in total. The molecule has 0 spiro atoms. The topological polar surface area (TPSA) is 67.1 Å². The summed E-state index contributed by atoms with van der Waals surface area (Å²) in [4.78, 5) is 11.7. The third kappa shape index (κ3) is 3.76. The van der Waals surface area contributed by atoms with E-state index in [9.17, 15) is 13.6 Å². The minimum Gasteiger partial charge on any atom is -0.324 e. The fraction of sp³-hybridized carbons (Fsp3) is 0.133. The number of benzene rings is 2. The highest BCUT2D eigenvalue weighted by Gasteiger charge is 2.10. The number of nitrogens with one attached hydrogen (secondary N) is 2. The van der Waals surface area contributed by atoms with Gasteiger partial charge in [-0.15, -0.1) is 0 Å². The lowest BCUT2D eigenvalue weighted by molar-refractivity contribution is 0.262. The Labute approximate surface area is 121 Å². The van der Waals surface area contributed by atoms with E-state index in [0.717, 1.165) is 11.6 Å². The maximum atomic E-state index is 13.4. The Balaban J connectivity index is 2.03. The molecule has 2 amide bonds. The normalized spacial score (nSPS) is 11.8. The van der Waals surface area contributed by atoms with Crippen molar-refractivity contribution in [1.82, 2.24) is 0 Å². The fourth-order valence-electron chi connectivity index (χ4n) is 1.76. The Kier molecular flexibility index (Phi) is 4.49. The van der Waals surface area contributed by atoms with Crippen LogP contribution in [0.4, 0.5) is 25.0 Å². The molecule has 0 radical (unpaired) electrons. The quantitative estimate of drug-likeness (QED) is 0.808. The van der Waals surface area contributed by atoms with Gasteiger partial charge in [-0.05, 0) is 36.8 Å². The third-order valence-corrected chi connectivity index (χ3v) is 2.89. The number of nitrogens with two attached hydrogens (primary N) is 1. The standard InChI is InChI=1S/C15H15F2N3O/c1-9(18)10-5-7-11(8-6-10)19-15(21)20-13-4-2-3-12(16)14(13)17/h2-9H,18H2,1H3,(H2,19,20,21). The molecular formula is C15H15F2N3O. The van der Waals surface area contributed by atoms with E-state index in [-0.39, 0.29) is 11.7 Å². The molecule has 0 fully saturated rings. The number of amides is 2. The number of halogens is 2. The molecule has 4 nitrogen and oxygen atoms in total. The van der Waals surface area contributed by atoms with Gasteiger partial charge in [0.25, 0.3) is 0 Å². The Morgan fingerprint density at radius 3 is 2.38 bits per heavy atom. The van der Waals surface area contributed by atoms with Crippen LogP contribution in [0.3, 0.4) is 0 Å². The van der Waals surface area contributed by atoms with Gasteiger partial charge >= 0.3 is 6.03 Å². The van der Waals surface area contributed by atoms with Crippen LogP contribution < -0.4 is 16.4 Å². The van der Waals surface area contributed by atoms with Crippen LogP contribution in [0.2, 0.25) is 0 Å². The van der Waals surface area contributed by atoms with Crippen molar-refractivity contribution in [2.24, 2.45) is 5.73 Å². The van der Waals surface area contributed by atoms with Gasteiger partial charge in [0.15, 0.2) is 11.6 Å². The van der Waals surface area contributed by atoms with Gasteiger partial charge in [0, 0.05) is 11.7 Å². The van der Waals surface area contributed by atoms with Gasteiger partial charge in [-0.3, -0.25) is 0 Å². The molecule has 0 aliphatic heterocycles. The number of anilines is 2. The van der Waals surface area contributed by atoms with Crippen LogP contribution in [0, 0.1) is 11.6 Å². The van der Waals surface area contributed by atoms with Crippen LogP contribution in [-0.2, 0) is 0 Å². The van der Waals surface area contributed by atoms with Crippen LogP contribution in [0.15, 0.2) is 42.5 Å². The Morgan fingerprint density at radius 1 is 1.10 bits per heavy atom. The molecule has 0 aromatic heterocycles. The summed E-state index contributed by atoms with van der Waals surface area (Å²) in [6.07, 6.45) is 0. The average Bonchev–Trinajstić information content (AvgIpc) is 2.44. The molecule has 0 saturated heterocycles. The largest absolute Gasteiger partial charge is 0.324 e. The second-order valence-corrected chi connectivity index (χ2v) is 4.59. The Morgan fingerprint density at radius 2 is 1.76 bits per heavy atom. The SMILES string of the molecule is CC(N)c1ccc(NC(=O)Nc2cccc(F)c2F)cc1.